The fraction of sp³-hybridized carbons (Fsp3) is 0.667. The molecular weight excluding hydrogens is 180 g/mol. The number of nitrogens with zero attached hydrogens (tertiary/aromatic N) is 2. The predicted octanol–water partition coefficient (Wildman–Crippen LogP) is 1.26. The second-order valence-corrected chi connectivity index (χ2v) is 1.96. The van der Waals surface area contributed by atoms with Crippen molar-refractivity contribution in [2.75, 3.05) is 20.1 Å². The fourth-order valence-electron chi connectivity index (χ4n) is 0.897. The van der Waals surface area contributed by atoms with Gasteiger partial charge in [0.05, 0.1) is 0 Å². The van der Waals surface area contributed by atoms with Crippen LogP contribution in [-0.4, -0.2) is 30.2 Å². The van der Waals surface area contributed by atoms with Gasteiger partial charge in [0, 0.05) is 26.3 Å². The lowest BCUT2D eigenvalue weighted by molar-refractivity contribution is 0.0877. The summed E-state index contributed by atoms with van der Waals surface area (Å²) in [6.45, 7) is 4.33. The molecule has 0 fully saturated rings. The molecule has 54 valence electrons. The van der Waals surface area contributed by atoms with Crippen molar-refractivity contribution < 1.29 is 0 Å². The molecule has 1 aliphatic heterocycles. The molecule has 1 aliphatic rings. The molecule has 0 radical (unpaired) electrons. The highest BCUT2D eigenvalue weighted by atomic mass is 79.9. The van der Waals surface area contributed by atoms with Crippen LogP contribution >= 0.6 is 17.0 Å². The minimum Gasteiger partial charge on any atom is -0.316 e. The van der Waals surface area contributed by atoms with E-state index in [9.17, 15) is 0 Å². The molecule has 0 amide bonds. The molecule has 0 bridgehead atoms. The summed E-state index contributed by atoms with van der Waals surface area (Å²) < 4.78 is 0. The molecule has 1 rings (SSSR count). The molecule has 0 saturated carbocycles. The van der Waals surface area contributed by atoms with Crippen LogP contribution in [0, 0.1) is 0 Å². The normalized spacial score (nSPS) is 18.2. The predicted molar refractivity (Wildman–Crippen MR) is 44.5 cm³/mol. The van der Waals surface area contributed by atoms with Crippen LogP contribution in [0.1, 0.15) is 6.92 Å². The zero-order valence-corrected chi connectivity index (χ0v) is 7.58. The Morgan fingerprint density at radius 2 is 2.22 bits per heavy atom. The molecule has 0 spiro atoms. The molecule has 3 heteroatoms. The monoisotopic (exact) mass is 192 g/mol. The molecule has 2 nitrogen and oxygen atoms in total. The number of hydrazine groups is 1. The average molecular weight is 193 g/mol. The summed E-state index contributed by atoms with van der Waals surface area (Å²) in [4.78, 5) is 0. The van der Waals surface area contributed by atoms with E-state index >= 15 is 0 Å². The van der Waals surface area contributed by atoms with Gasteiger partial charge >= 0.3 is 0 Å². The van der Waals surface area contributed by atoms with Crippen LogP contribution in [0.4, 0.5) is 0 Å². The molecule has 0 unspecified atom stereocenters. The summed E-state index contributed by atoms with van der Waals surface area (Å²) in [6, 6.07) is 0. The van der Waals surface area contributed by atoms with Crippen LogP contribution in [0.15, 0.2) is 12.3 Å². The van der Waals surface area contributed by atoms with E-state index in [1.165, 1.54) is 0 Å². The first-order valence-electron chi connectivity index (χ1n) is 2.99. The summed E-state index contributed by atoms with van der Waals surface area (Å²) in [7, 11) is 2.06. The molecule has 0 aliphatic carbocycles. The summed E-state index contributed by atoms with van der Waals surface area (Å²) in [5.41, 5.74) is 0. The lowest BCUT2D eigenvalue weighted by Gasteiger charge is -2.22. The standard InChI is InChI=1S/C6H12N2.BrH/c1-3-8-6-4-5-7(8)2;/h4-5H,3,6H2,1-2H3;1H. The van der Waals surface area contributed by atoms with E-state index in [2.05, 4.69) is 36.3 Å². The Morgan fingerprint density at radius 1 is 1.56 bits per heavy atom. The molecule has 0 N–H and O–H groups in total. The van der Waals surface area contributed by atoms with Crippen molar-refractivity contribution in [2.45, 2.75) is 6.92 Å². The molecule has 0 aromatic rings. The van der Waals surface area contributed by atoms with Crippen molar-refractivity contribution in [1.29, 1.82) is 0 Å². The van der Waals surface area contributed by atoms with Crippen molar-refractivity contribution in [3.8, 4) is 0 Å². The summed E-state index contributed by atoms with van der Waals surface area (Å²) in [5.74, 6) is 0. The fourth-order valence-corrected chi connectivity index (χ4v) is 0.897. The summed E-state index contributed by atoms with van der Waals surface area (Å²) in [5, 5.41) is 4.36. The first kappa shape index (κ1) is 8.98. The third kappa shape index (κ3) is 1.99. The number of halogens is 1. The van der Waals surface area contributed by atoms with E-state index in [-0.39, 0.29) is 17.0 Å². The van der Waals surface area contributed by atoms with Crippen molar-refractivity contribution in [3.05, 3.63) is 12.3 Å². The van der Waals surface area contributed by atoms with Gasteiger partial charge in [-0.05, 0) is 0 Å². The molecular formula is C6H13BrN2. The Labute approximate surface area is 66.9 Å². The van der Waals surface area contributed by atoms with Gasteiger partial charge in [0.2, 0.25) is 0 Å². The van der Waals surface area contributed by atoms with Gasteiger partial charge in [0.15, 0.2) is 0 Å². The van der Waals surface area contributed by atoms with Crippen LogP contribution in [0.5, 0.6) is 0 Å². The number of likely N-dealkylation sites (N-methyl/N-ethyl adjacent to an activating group) is 1. The highest BCUT2D eigenvalue weighted by Gasteiger charge is 2.06. The minimum absolute atomic E-state index is 0. The Kier molecular flexibility index (Phi) is 3.89. The Bertz CT molecular complexity index is 103. The van der Waals surface area contributed by atoms with E-state index in [0.717, 1.165) is 13.1 Å². The van der Waals surface area contributed by atoms with Crippen LogP contribution in [0.3, 0.4) is 0 Å². The number of hydrogen-bond acceptors (Lipinski definition) is 2. The van der Waals surface area contributed by atoms with Crippen LogP contribution in [0.25, 0.3) is 0 Å². The molecule has 9 heavy (non-hydrogen) atoms. The molecule has 1 heterocycles. The first-order chi connectivity index (χ1) is 3.84. The topological polar surface area (TPSA) is 6.48 Å². The largest absolute Gasteiger partial charge is 0.316 e. The van der Waals surface area contributed by atoms with Gasteiger partial charge in [0.25, 0.3) is 0 Å². The second kappa shape index (κ2) is 3.90. The first-order valence-corrected chi connectivity index (χ1v) is 2.99. The van der Waals surface area contributed by atoms with E-state index in [4.69, 9.17) is 0 Å². The van der Waals surface area contributed by atoms with Gasteiger partial charge in [-0.1, -0.05) is 13.0 Å². The zero-order chi connectivity index (χ0) is 5.98. The maximum atomic E-state index is 2.25. The molecule has 0 saturated heterocycles. The summed E-state index contributed by atoms with van der Waals surface area (Å²) >= 11 is 0. The van der Waals surface area contributed by atoms with Gasteiger partial charge in [-0.2, -0.15) is 0 Å². The van der Waals surface area contributed by atoms with Gasteiger partial charge in [-0.25, -0.2) is 5.01 Å². The quantitative estimate of drug-likeness (QED) is 0.618. The van der Waals surface area contributed by atoms with Gasteiger partial charge < -0.3 is 5.01 Å². The van der Waals surface area contributed by atoms with Crippen LogP contribution < -0.4 is 0 Å². The van der Waals surface area contributed by atoms with Crippen LogP contribution in [0.2, 0.25) is 0 Å². The highest BCUT2D eigenvalue weighted by molar-refractivity contribution is 8.93. The zero-order valence-electron chi connectivity index (χ0n) is 5.87. The summed E-state index contributed by atoms with van der Waals surface area (Å²) in [6.07, 6.45) is 4.24. The highest BCUT2D eigenvalue weighted by Crippen LogP contribution is 2.01. The smallest absolute Gasteiger partial charge is 0.0378 e. The van der Waals surface area contributed by atoms with Crippen molar-refractivity contribution >= 4 is 17.0 Å². The van der Waals surface area contributed by atoms with Crippen molar-refractivity contribution in [2.24, 2.45) is 0 Å². The third-order valence-electron chi connectivity index (χ3n) is 1.45. The van der Waals surface area contributed by atoms with E-state index < -0.39 is 0 Å². The van der Waals surface area contributed by atoms with Crippen LogP contribution in [-0.2, 0) is 0 Å². The maximum absolute atomic E-state index is 2.25. The molecule has 0 aromatic heterocycles. The Morgan fingerprint density at radius 3 is 2.44 bits per heavy atom. The van der Waals surface area contributed by atoms with Crippen molar-refractivity contribution in [1.82, 2.24) is 10.0 Å². The Hall–Kier alpha value is -0.0200. The van der Waals surface area contributed by atoms with Crippen molar-refractivity contribution in [3.63, 3.8) is 0 Å². The third-order valence-corrected chi connectivity index (χ3v) is 1.45. The van der Waals surface area contributed by atoms with Gasteiger partial charge in [0.1, 0.15) is 0 Å². The Balaban J connectivity index is 0.000000640. The lowest BCUT2D eigenvalue weighted by atomic mass is 10.6. The average Bonchev–Trinajstić information content (AvgIpc) is 2.14. The van der Waals surface area contributed by atoms with Gasteiger partial charge in [-0.3, -0.25) is 0 Å². The van der Waals surface area contributed by atoms with E-state index in [0.29, 0.717) is 0 Å². The lowest BCUT2D eigenvalue weighted by Crippen LogP contribution is -2.31. The van der Waals surface area contributed by atoms with E-state index in [1.54, 1.807) is 0 Å². The second-order valence-electron chi connectivity index (χ2n) is 1.96. The van der Waals surface area contributed by atoms with Gasteiger partial charge in [-0.15, -0.1) is 17.0 Å². The maximum Gasteiger partial charge on any atom is 0.0378 e. The number of hydrogen-bond donors (Lipinski definition) is 0. The minimum atomic E-state index is 0. The molecule has 0 aromatic carbocycles. The number of rotatable bonds is 1. The molecule has 0 atom stereocenters. The van der Waals surface area contributed by atoms with E-state index in [1.807, 2.05) is 0 Å². The SMILES string of the molecule is Br.CCN1CC=CN1C.